The highest BCUT2D eigenvalue weighted by Gasteiger charge is 2.54. The number of amidine groups is 2. The number of carbonyl (C=O) groups is 10. The number of hydrazone groups is 2. The number of aliphatic hydroxyl groups excluding tert-OH is 4. The second-order valence-corrected chi connectivity index (χ2v) is 18.9. The SMILES string of the molecule is C.C/C=C/C=C/CCC(=O)NN.C/C=C/C=C/CCC(=O)NN=C(N)OC.C/C=C/C=C/CCC(=O)OC.CNC(=O)CCCN1C(=O)C2C(C)CCC(CCC(=O)NN=C(N)OC)C2C1=O.CNC(=O)CCCN1C(=O)C=CC1=O.CO.CO.CO.CO.N#CBr.N=C1OCCO1.NN. The number of methoxy groups -OCH3 is 3. The van der Waals surface area contributed by atoms with Gasteiger partial charge in [-0.1, -0.05) is 87.3 Å². The molecule has 0 radical (unpaired) electrons. The summed E-state index contributed by atoms with van der Waals surface area (Å²) in [6, 6.07) is -0.207. The van der Waals surface area contributed by atoms with Crippen molar-refractivity contribution >= 4 is 93.2 Å². The Hall–Kier alpha value is -9.22. The summed E-state index contributed by atoms with van der Waals surface area (Å²) in [5.41, 5.74) is 17.2. The number of amides is 9. The summed E-state index contributed by atoms with van der Waals surface area (Å²) in [4.78, 5) is 118. The predicted molar refractivity (Wildman–Crippen MR) is 387 cm³/mol. The van der Waals surface area contributed by atoms with Gasteiger partial charge in [-0.05, 0) is 84.0 Å². The third kappa shape index (κ3) is 63.5. The van der Waals surface area contributed by atoms with Gasteiger partial charge in [-0.25, -0.2) is 22.1 Å². The number of aliphatic hydroxyl groups is 4. The topological polar surface area (TPSA) is 567 Å². The number of nitrogens with zero attached hydrogens (tertiary/aromatic N) is 5. The summed E-state index contributed by atoms with van der Waals surface area (Å²) in [7, 11) is 11.2. The highest BCUT2D eigenvalue weighted by molar-refractivity contribution is 9.12. The van der Waals surface area contributed by atoms with Crippen LogP contribution in [0.3, 0.4) is 0 Å². The molecule has 36 heteroatoms. The summed E-state index contributed by atoms with van der Waals surface area (Å²) in [5, 5.41) is 53.9. The molecule has 2 saturated heterocycles. The highest BCUT2D eigenvalue weighted by atomic mass is 79.9. The minimum Gasteiger partial charge on any atom is -0.469 e. The number of rotatable bonds is 25. The Morgan fingerprint density at radius 3 is 1.34 bits per heavy atom. The standard InChI is InChI=1S/C19H31N5O5.C10H17N3O2.C9H12N2O3.C9H14O2.C8H14N2O.C3H5NO2.CBrN.4CH4O.CH4.H4N2/c1-11-6-7-12(8-9-14(26)22-23-19(20)29-3)16-15(11)17(27)24(18(16)28)10-4-5-13(25)21-2;1-3-4-5-6-7-8-9(14)12-13-10(11)15-2;1-10-7(12)3-2-6-11-8(13)4-5-9(11)14;1-3-4-5-6-7-8-9(10)11-2;1-2-3-4-5-6-7-8(11)10-9;4-3-5-1-2-6-3;2-1-3;4*1-2;;1-2/h11-12,15-16H,4-10H2,1-3H3,(H2,20,23)(H,21,25)(H,22,26);3-6H,7-8H2,1-2H3,(H2,11,13)(H,12,14);4-5H,2-3,6H2,1H3,(H,10,12);3-6H,7-8H2,1-2H3;2-5H,6-7,9H2,1H3,(H,10,11);4H,1-2H2;;4*2H,1H3;1H4;1-2H2/b;4-3+,6-5+;;4-3+,6-5+;3-2+,5-4+;;;;;;;;. The Balaban J connectivity index is -0.000000144. The largest absolute Gasteiger partial charge is 0.469 e. The van der Waals surface area contributed by atoms with Crippen LogP contribution in [0.15, 0.2) is 95.3 Å². The molecule has 0 aromatic carbocycles. The van der Waals surface area contributed by atoms with Crippen LogP contribution in [-0.2, 0) is 71.6 Å². The Morgan fingerprint density at radius 1 is 0.620 bits per heavy atom. The average molecular weight is 1490 g/mol. The molecule has 4 unspecified atom stereocenters. The second-order valence-electron chi connectivity index (χ2n) is 18.5. The van der Waals surface area contributed by atoms with E-state index in [1.165, 1.54) is 38.4 Å². The minimum atomic E-state index is -0.397. The molecule has 0 spiro atoms. The highest BCUT2D eigenvalue weighted by Crippen LogP contribution is 2.46. The van der Waals surface area contributed by atoms with Crippen molar-refractivity contribution in [1.29, 1.82) is 10.7 Å². The quantitative estimate of drug-likeness (QED) is 0.00907. The van der Waals surface area contributed by atoms with Crippen LogP contribution in [0.25, 0.3) is 0 Å². The molecule has 4 atom stereocenters. The van der Waals surface area contributed by atoms with Gasteiger partial charge in [-0.3, -0.25) is 74.9 Å². The van der Waals surface area contributed by atoms with Crippen LogP contribution in [0.4, 0.5) is 0 Å². The first-order valence-electron chi connectivity index (χ1n) is 30.6. The second kappa shape index (κ2) is 82.2. The van der Waals surface area contributed by atoms with Crippen LogP contribution in [0, 0.1) is 39.3 Å². The summed E-state index contributed by atoms with van der Waals surface area (Å²) >= 11 is 2.45. The first kappa shape index (κ1) is 109. The number of imide groups is 2. The number of allylic oxidation sites excluding steroid dienone is 12. The molecule has 3 aliphatic heterocycles. The first-order valence-corrected chi connectivity index (χ1v) is 31.3. The number of hydrogen-bond acceptors (Lipinski definition) is 26. The predicted octanol–water partition coefficient (Wildman–Crippen LogP) is 1.94. The summed E-state index contributed by atoms with van der Waals surface area (Å²) in [6.45, 7) is 9.46. The molecule has 3 heterocycles. The minimum absolute atomic E-state index is 0. The molecule has 3 fully saturated rings. The van der Waals surface area contributed by atoms with Crippen molar-refractivity contribution in [2.45, 2.75) is 125 Å². The molecule has 35 nitrogen and oxygen atoms in total. The number of esters is 1. The Morgan fingerprint density at radius 2 is 0.990 bits per heavy atom. The Labute approximate surface area is 598 Å². The van der Waals surface area contributed by atoms with E-state index < -0.39 is 5.92 Å². The van der Waals surface area contributed by atoms with E-state index in [9.17, 15) is 47.9 Å². The molecule has 9 amide bonds. The number of hydrazine groups is 2. The van der Waals surface area contributed by atoms with Gasteiger partial charge in [-0.2, -0.15) is 5.26 Å². The van der Waals surface area contributed by atoms with Gasteiger partial charge in [0.25, 0.3) is 11.8 Å². The number of hydrogen-bond donors (Lipinski definition) is 15. The van der Waals surface area contributed by atoms with Crippen molar-refractivity contribution < 1.29 is 92.1 Å². The van der Waals surface area contributed by atoms with Crippen LogP contribution in [-0.4, -0.2) is 198 Å². The summed E-state index contributed by atoms with van der Waals surface area (Å²) < 4.78 is 22.7. The maximum atomic E-state index is 13.0. The smallest absolute Gasteiger partial charge is 0.380 e. The van der Waals surface area contributed by atoms with E-state index in [0.717, 1.165) is 59.0 Å². The van der Waals surface area contributed by atoms with E-state index in [1.54, 1.807) is 19.1 Å². The molecule has 100 heavy (non-hydrogen) atoms. The fourth-order valence-electron chi connectivity index (χ4n) is 7.67. The molecular formula is C64H117BrN16O19. The lowest BCUT2D eigenvalue weighted by Gasteiger charge is -2.34. The normalized spacial score (nSPS) is 15.7. The lowest BCUT2D eigenvalue weighted by atomic mass is 9.67. The monoisotopic (exact) mass is 1490 g/mol. The van der Waals surface area contributed by atoms with Crippen LogP contribution in [0.2, 0.25) is 0 Å². The fraction of sp³-hybridized carbons (Fsp3) is 0.562. The van der Waals surface area contributed by atoms with Gasteiger partial charge in [0.2, 0.25) is 41.4 Å². The van der Waals surface area contributed by atoms with Crippen molar-refractivity contribution in [2.75, 3.05) is 90.2 Å². The van der Waals surface area contributed by atoms with E-state index >= 15 is 0 Å². The molecule has 0 aromatic heterocycles. The molecule has 0 aromatic rings. The fourth-order valence-corrected chi connectivity index (χ4v) is 7.67. The molecule has 574 valence electrons. The number of nitriles is 1. The van der Waals surface area contributed by atoms with Crippen LogP contribution in [0.5, 0.6) is 0 Å². The summed E-state index contributed by atoms with van der Waals surface area (Å²) in [6.07, 6.45) is 32.7. The molecule has 1 saturated carbocycles. The van der Waals surface area contributed by atoms with Crippen LogP contribution >= 0.6 is 15.9 Å². The Bertz CT molecular complexity index is 2480. The van der Waals surface area contributed by atoms with Gasteiger partial charge in [-0.15, -0.1) is 10.2 Å². The lowest BCUT2D eigenvalue weighted by molar-refractivity contribution is -0.141. The van der Waals surface area contributed by atoms with Crippen LogP contribution in [0.1, 0.15) is 125 Å². The van der Waals surface area contributed by atoms with Crippen molar-refractivity contribution in [3.63, 3.8) is 0 Å². The van der Waals surface area contributed by atoms with Gasteiger partial charge in [0, 0.05) is 122 Å². The molecule has 1 aliphatic carbocycles. The molecule has 4 aliphatic rings. The van der Waals surface area contributed by atoms with Gasteiger partial charge >= 0.3 is 24.1 Å². The number of halogens is 1. The van der Waals surface area contributed by atoms with Gasteiger partial charge < -0.3 is 66.2 Å². The van der Waals surface area contributed by atoms with Crippen LogP contribution < -0.4 is 55.9 Å². The van der Waals surface area contributed by atoms with Crippen molar-refractivity contribution in [1.82, 2.24) is 36.7 Å². The zero-order valence-electron chi connectivity index (χ0n) is 59.5. The van der Waals surface area contributed by atoms with E-state index in [1.807, 2.05) is 101 Å². The first-order chi connectivity index (χ1) is 47.6. The Kier molecular flexibility index (Phi) is 89.9. The number of carbonyl (C=O) groups excluding carboxylic acids is 10. The lowest BCUT2D eigenvalue weighted by Crippen LogP contribution is -2.36. The van der Waals surface area contributed by atoms with E-state index in [0.29, 0.717) is 71.1 Å². The van der Waals surface area contributed by atoms with E-state index in [4.69, 9.17) is 48.4 Å². The third-order valence-electron chi connectivity index (χ3n) is 12.2. The maximum absolute atomic E-state index is 13.0. The zero-order valence-corrected chi connectivity index (χ0v) is 61.1. The average Bonchev–Trinajstić information content (AvgIpc) is 1.61. The molecule has 20 N–H and O–H groups in total. The molecular weight excluding hydrogens is 1380 g/mol. The molecule has 4 rings (SSSR count). The van der Waals surface area contributed by atoms with Gasteiger partial charge in [0.15, 0.2) is 0 Å². The maximum Gasteiger partial charge on any atom is 0.380 e. The third-order valence-corrected chi connectivity index (χ3v) is 12.2. The van der Waals surface area contributed by atoms with Gasteiger partial charge in [0.1, 0.15) is 18.2 Å². The van der Waals surface area contributed by atoms with Crippen molar-refractivity contribution in [3.8, 4) is 4.98 Å². The van der Waals surface area contributed by atoms with E-state index in [2.05, 4.69) is 88.4 Å². The van der Waals surface area contributed by atoms with Crippen molar-refractivity contribution in [3.05, 3.63) is 85.1 Å². The number of ether oxygens (including phenoxy) is 5. The number of fused-ring (bicyclic) bond motifs is 1. The van der Waals surface area contributed by atoms with Gasteiger partial charge in [0.05, 0.1) is 33.2 Å². The van der Waals surface area contributed by atoms with E-state index in [-0.39, 0.29) is 122 Å². The van der Waals surface area contributed by atoms with Crippen molar-refractivity contribution in [2.24, 2.45) is 62.9 Å². The zero-order chi connectivity index (χ0) is 77.8. The number of likely N-dealkylation sites (tertiary alicyclic amines) is 1. The summed E-state index contributed by atoms with van der Waals surface area (Å²) in [5.74, 6) is 10.3. The number of nitrogens with two attached hydrogens (primary N) is 5. The number of nitrogens with one attached hydrogen (secondary N) is 6. The molecule has 0 bridgehead atoms.